The zero-order valence-corrected chi connectivity index (χ0v) is 10.4. The second kappa shape index (κ2) is 8.10. The van der Waals surface area contributed by atoms with Crippen molar-refractivity contribution in [1.29, 1.82) is 0 Å². The molecular weight excluding hydrogens is 208 g/mol. The fourth-order valence-electron chi connectivity index (χ4n) is 1.43. The predicted molar refractivity (Wildman–Crippen MR) is 62.3 cm³/mol. The number of hydrogen-bond acceptors (Lipinski definition) is 3. The Kier molecular flexibility index (Phi) is 7.54. The van der Waals surface area contributed by atoms with Crippen LogP contribution in [0.25, 0.3) is 0 Å². The molecule has 0 aliphatic carbocycles. The molecule has 0 unspecified atom stereocenters. The summed E-state index contributed by atoms with van der Waals surface area (Å²) >= 11 is 0. The number of likely N-dealkylation sites (N-methyl/N-ethyl adjacent to an activating group) is 1. The van der Waals surface area contributed by atoms with Gasteiger partial charge >= 0.3 is 5.97 Å². The molecule has 1 aliphatic rings. The molecule has 0 radical (unpaired) electrons. The number of hydrogen-bond donors (Lipinski definition) is 1. The number of amides is 1. The third-order valence-electron chi connectivity index (χ3n) is 2.41. The number of carbonyl (C=O) groups is 2. The molecule has 0 bridgehead atoms. The molecule has 1 rings (SSSR count). The smallest absolute Gasteiger partial charge is 0.303 e. The molecule has 0 saturated carbocycles. The van der Waals surface area contributed by atoms with Gasteiger partial charge in [0.05, 0.1) is 6.42 Å². The molecule has 94 valence electrons. The van der Waals surface area contributed by atoms with Gasteiger partial charge in [-0.15, -0.1) is 0 Å². The molecule has 5 heteroatoms. The van der Waals surface area contributed by atoms with Crippen LogP contribution in [0, 0.1) is 0 Å². The molecule has 1 fully saturated rings. The molecule has 0 aromatic rings. The highest BCUT2D eigenvalue weighted by Gasteiger charge is 2.18. The van der Waals surface area contributed by atoms with Gasteiger partial charge in [-0.05, 0) is 7.05 Å². The Bertz CT molecular complexity index is 223. The van der Waals surface area contributed by atoms with Gasteiger partial charge < -0.3 is 14.9 Å². The molecule has 1 N–H and O–H groups in total. The summed E-state index contributed by atoms with van der Waals surface area (Å²) in [5, 5.41) is 8.42. The van der Waals surface area contributed by atoms with Crippen molar-refractivity contribution >= 4 is 11.9 Å². The fraction of sp³-hybridized carbons (Fsp3) is 0.818. The lowest BCUT2D eigenvalue weighted by Crippen LogP contribution is -2.47. The van der Waals surface area contributed by atoms with E-state index in [9.17, 15) is 9.59 Å². The largest absolute Gasteiger partial charge is 0.481 e. The maximum Gasteiger partial charge on any atom is 0.303 e. The zero-order valence-electron chi connectivity index (χ0n) is 10.4. The first kappa shape index (κ1) is 14.9. The number of aliphatic carboxylic acids is 1. The van der Waals surface area contributed by atoms with Crippen molar-refractivity contribution in [2.24, 2.45) is 0 Å². The second-order valence-electron chi connectivity index (χ2n) is 3.58. The topological polar surface area (TPSA) is 60.9 Å². The molecule has 0 aromatic carbocycles. The minimum absolute atomic E-state index is 0.0412. The van der Waals surface area contributed by atoms with E-state index in [2.05, 4.69) is 4.90 Å². The van der Waals surface area contributed by atoms with Crippen LogP contribution in [0.2, 0.25) is 0 Å². The van der Waals surface area contributed by atoms with E-state index in [-0.39, 0.29) is 18.7 Å². The summed E-state index contributed by atoms with van der Waals surface area (Å²) in [6.07, 6.45) is 0.0597. The van der Waals surface area contributed by atoms with E-state index >= 15 is 0 Å². The summed E-state index contributed by atoms with van der Waals surface area (Å²) < 4.78 is 0. The van der Waals surface area contributed by atoms with Gasteiger partial charge in [0.15, 0.2) is 0 Å². The summed E-state index contributed by atoms with van der Waals surface area (Å²) in [7, 11) is 2.01. The van der Waals surface area contributed by atoms with Crippen molar-refractivity contribution in [2.45, 2.75) is 26.7 Å². The van der Waals surface area contributed by atoms with Gasteiger partial charge in [-0.3, -0.25) is 9.59 Å². The number of rotatable bonds is 3. The van der Waals surface area contributed by atoms with Crippen molar-refractivity contribution in [2.75, 3.05) is 33.2 Å². The van der Waals surface area contributed by atoms with Crippen molar-refractivity contribution in [1.82, 2.24) is 9.80 Å². The van der Waals surface area contributed by atoms with Gasteiger partial charge in [-0.1, -0.05) is 13.8 Å². The average molecular weight is 230 g/mol. The Morgan fingerprint density at radius 1 is 1.06 bits per heavy atom. The second-order valence-corrected chi connectivity index (χ2v) is 3.58. The first-order valence-electron chi connectivity index (χ1n) is 5.77. The Morgan fingerprint density at radius 3 is 2.00 bits per heavy atom. The Labute approximate surface area is 97.0 Å². The van der Waals surface area contributed by atoms with Gasteiger partial charge in [0.1, 0.15) is 0 Å². The van der Waals surface area contributed by atoms with Crippen molar-refractivity contribution in [3.63, 3.8) is 0 Å². The van der Waals surface area contributed by atoms with E-state index in [1.807, 2.05) is 20.9 Å². The van der Waals surface area contributed by atoms with Crippen LogP contribution < -0.4 is 0 Å². The number of carboxylic acid groups (broad SMARTS) is 1. The molecule has 1 amide bonds. The number of carbonyl (C=O) groups excluding carboxylic acids is 1. The summed E-state index contributed by atoms with van der Waals surface area (Å²) in [4.78, 5) is 25.6. The summed E-state index contributed by atoms with van der Waals surface area (Å²) in [6, 6.07) is 0. The third-order valence-corrected chi connectivity index (χ3v) is 2.41. The van der Waals surface area contributed by atoms with Crippen LogP contribution >= 0.6 is 0 Å². The van der Waals surface area contributed by atoms with Crippen molar-refractivity contribution in [3.8, 4) is 0 Å². The lowest BCUT2D eigenvalue weighted by molar-refractivity contribution is -0.141. The summed E-state index contributed by atoms with van der Waals surface area (Å²) in [6.45, 7) is 7.18. The molecule has 0 atom stereocenters. The Balaban J connectivity index is 0.00000106. The van der Waals surface area contributed by atoms with Crippen LogP contribution in [0.5, 0.6) is 0 Å². The number of nitrogens with zero attached hydrogens (tertiary/aromatic N) is 2. The van der Waals surface area contributed by atoms with E-state index < -0.39 is 5.97 Å². The van der Waals surface area contributed by atoms with Crippen molar-refractivity contribution in [3.05, 3.63) is 0 Å². The van der Waals surface area contributed by atoms with Gasteiger partial charge in [0.25, 0.3) is 0 Å². The predicted octanol–water partition coefficient (Wildman–Crippen LogP) is 0.651. The quantitative estimate of drug-likeness (QED) is 0.773. The number of piperazine rings is 1. The SMILES string of the molecule is CC.CN1CCN(C(=O)CCC(=O)O)CC1. The van der Waals surface area contributed by atoms with Crippen LogP contribution in [0.4, 0.5) is 0 Å². The lowest BCUT2D eigenvalue weighted by atomic mass is 10.2. The molecule has 5 nitrogen and oxygen atoms in total. The third kappa shape index (κ3) is 5.70. The van der Waals surface area contributed by atoms with E-state index in [0.717, 1.165) is 26.2 Å². The highest BCUT2D eigenvalue weighted by atomic mass is 16.4. The molecular formula is C11H22N2O3. The van der Waals surface area contributed by atoms with Crippen LogP contribution in [0.1, 0.15) is 26.7 Å². The van der Waals surface area contributed by atoms with Crippen LogP contribution in [0.3, 0.4) is 0 Å². The summed E-state index contributed by atoms with van der Waals surface area (Å²) in [5.74, 6) is -0.951. The van der Waals surface area contributed by atoms with Crippen LogP contribution in [-0.2, 0) is 9.59 Å². The summed E-state index contributed by atoms with van der Waals surface area (Å²) in [5.41, 5.74) is 0. The van der Waals surface area contributed by atoms with Gasteiger partial charge in [-0.25, -0.2) is 0 Å². The first-order chi connectivity index (χ1) is 7.59. The van der Waals surface area contributed by atoms with E-state index in [4.69, 9.17) is 5.11 Å². The minimum atomic E-state index is -0.910. The standard InChI is InChI=1S/C9H16N2O3.C2H6/c1-10-4-6-11(7-5-10)8(12)2-3-9(13)14;1-2/h2-7H2,1H3,(H,13,14);1-2H3. The minimum Gasteiger partial charge on any atom is -0.481 e. The average Bonchev–Trinajstić information content (AvgIpc) is 2.29. The fourth-order valence-corrected chi connectivity index (χ4v) is 1.43. The monoisotopic (exact) mass is 230 g/mol. The van der Waals surface area contributed by atoms with Crippen LogP contribution in [0.15, 0.2) is 0 Å². The normalized spacial score (nSPS) is 16.3. The molecule has 1 heterocycles. The number of carboxylic acids is 1. The Morgan fingerprint density at radius 2 is 1.56 bits per heavy atom. The molecule has 16 heavy (non-hydrogen) atoms. The lowest BCUT2D eigenvalue weighted by Gasteiger charge is -2.32. The van der Waals surface area contributed by atoms with Gasteiger partial charge in [0.2, 0.25) is 5.91 Å². The highest BCUT2D eigenvalue weighted by molar-refractivity contribution is 5.80. The Hall–Kier alpha value is -1.10. The highest BCUT2D eigenvalue weighted by Crippen LogP contribution is 2.03. The molecule has 1 aliphatic heterocycles. The van der Waals surface area contributed by atoms with Crippen LogP contribution in [-0.4, -0.2) is 60.0 Å². The maximum atomic E-state index is 11.5. The molecule has 0 aromatic heterocycles. The van der Waals surface area contributed by atoms with E-state index in [1.165, 1.54) is 0 Å². The zero-order chi connectivity index (χ0) is 12.6. The van der Waals surface area contributed by atoms with E-state index in [1.54, 1.807) is 4.90 Å². The van der Waals surface area contributed by atoms with Gasteiger partial charge in [-0.2, -0.15) is 0 Å². The van der Waals surface area contributed by atoms with E-state index in [0.29, 0.717) is 0 Å². The van der Waals surface area contributed by atoms with Crippen molar-refractivity contribution < 1.29 is 14.7 Å². The van der Waals surface area contributed by atoms with Gasteiger partial charge in [0, 0.05) is 32.6 Å². The maximum absolute atomic E-state index is 11.5. The molecule has 0 spiro atoms. The first-order valence-corrected chi connectivity index (χ1v) is 5.77. The molecule has 1 saturated heterocycles.